The molecule has 2 aromatic rings. The van der Waals surface area contributed by atoms with Gasteiger partial charge in [-0.25, -0.2) is 9.07 Å². The number of hydrogen-bond donors (Lipinski definition) is 1. The van der Waals surface area contributed by atoms with Crippen LogP contribution in [0, 0.1) is 11.7 Å². The molecule has 0 aliphatic rings. The quantitative estimate of drug-likeness (QED) is 0.625. The van der Waals surface area contributed by atoms with E-state index in [-0.39, 0.29) is 0 Å². The van der Waals surface area contributed by atoms with Gasteiger partial charge < -0.3 is 10.5 Å². The molecule has 0 aliphatic carbocycles. The van der Waals surface area contributed by atoms with Gasteiger partial charge in [0.15, 0.2) is 5.82 Å². The van der Waals surface area contributed by atoms with E-state index in [1.54, 1.807) is 12.1 Å². The predicted octanol–water partition coefficient (Wildman–Crippen LogP) is 2.12. The van der Waals surface area contributed by atoms with Crippen LogP contribution in [0.3, 0.4) is 0 Å². The lowest BCUT2D eigenvalue weighted by molar-refractivity contribution is 0.114. The summed E-state index contributed by atoms with van der Waals surface area (Å²) in [7, 11) is 0. The SMILES string of the molecule is CC(C)CCOCCn1nnnc1-c1ccc(N)cc1F. The summed E-state index contributed by atoms with van der Waals surface area (Å²) in [5.74, 6) is 0.546. The molecule has 2 rings (SSSR count). The Kier molecular flexibility index (Phi) is 5.21. The van der Waals surface area contributed by atoms with Gasteiger partial charge in [-0.2, -0.15) is 0 Å². The lowest BCUT2D eigenvalue weighted by Crippen LogP contribution is -2.11. The topological polar surface area (TPSA) is 78.8 Å². The van der Waals surface area contributed by atoms with Crippen LogP contribution < -0.4 is 5.73 Å². The molecular formula is C14H20FN5O. The van der Waals surface area contributed by atoms with Gasteiger partial charge in [0.05, 0.1) is 18.7 Å². The summed E-state index contributed by atoms with van der Waals surface area (Å²) in [4.78, 5) is 0. The summed E-state index contributed by atoms with van der Waals surface area (Å²) in [6.45, 7) is 5.95. The molecule has 0 unspecified atom stereocenters. The summed E-state index contributed by atoms with van der Waals surface area (Å²) in [6.07, 6.45) is 1.01. The van der Waals surface area contributed by atoms with Crippen LogP contribution in [0.4, 0.5) is 10.1 Å². The Bertz CT molecular complexity index is 584. The van der Waals surface area contributed by atoms with Crippen molar-refractivity contribution in [3.8, 4) is 11.4 Å². The Hall–Kier alpha value is -2.02. The Morgan fingerprint density at radius 3 is 2.86 bits per heavy atom. The largest absolute Gasteiger partial charge is 0.399 e. The normalized spacial score (nSPS) is 11.2. The molecule has 1 aromatic heterocycles. The fourth-order valence-electron chi connectivity index (χ4n) is 1.83. The molecule has 0 atom stereocenters. The molecule has 0 aliphatic heterocycles. The van der Waals surface area contributed by atoms with Crippen molar-refractivity contribution in [1.29, 1.82) is 0 Å². The highest BCUT2D eigenvalue weighted by atomic mass is 19.1. The Balaban J connectivity index is 1.98. The van der Waals surface area contributed by atoms with Crippen LogP contribution in [0.5, 0.6) is 0 Å². The molecule has 0 fully saturated rings. The van der Waals surface area contributed by atoms with Gasteiger partial charge in [0.25, 0.3) is 0 Å². The fraction of sp³-hybridized carbons (Fsp3) is 0.500. The van der Waals surface area contributed by atoms with Crippen molar-refractivity contribution < 1.29 is 9.13 Å². The maximum Gasteiger partial charge on any atom is 0.185 e. The van der Waals surface area contributed by atoms with E-state index in [2.05, 4.69) is 29.4 Å². The first-order chi connectivity index (χ1) is 10.1. The number of nitrogens with two attached hydrogens (primary N) is 1. The molecule has 0 saturated carbocycles. The molecule has 0 amide bonds. The average Bonchev–Trinajstić information content (AvgIpc) is 2.86. The van der Waals surface area contributed by atoms with E-state index >= 15 is 0 Å². The maximum absolute atomic E-state index is 13.9. The van der Waals surface area contributed by atoms with Crippen LogP contribution in [-0.2, 0) is 11.3 Å². The zero-order valence-corrected chi connectivity index (χ0v) is 12.3. The van der Waals surface area contributed by atoms with Crippen LogP contribution in [0.2, 0.25) is 0 Å². The molecule has 1 aromatic carbocycles. The highest BCUT2D eigenvalue weighted by Crippen LogP contribution is 2.21. The lowest BCUT2D eigenvalue weighted by atomic mass is 10.1. The fourth-order valence-corrected chi connectivity index (χ4v) is 1.83. The van der Waals surface area contributed by atoms with E-state index in [4.69, 9.17) is 10.5 Å². The molecule has 0 radical (unpaired) electrons. The third-order valence-electron chi connectivity index (χ3n) is 3.05. The molecular weight excluding hydrogens is 273 g/mol. The van der Waals surface area contributed by atoms with Gasteiger partial charge in [0.1, 0.15) is 5.82 Å². The molecule has 0 spiro atoms. The van der Waals surface area contributed by atoms with Crippen LogP contribution in [0.1, 0.15) is 20.3 Å². The minimum atomic E-state index is -0.438. The van der Waals surface area contributed by atoms with Crippen LogP contribution in [0.25, 0.3) is 11.4 Å². The molecule has 114 valence electrons. The second-order valence-corrected chi connectivity index (χ2v) is 5.26. The summed E-state index contributed by atoms with van der Waals surface area (Å²) in [5.41, 5.74) is 6.24. The van der Waals surface area contributed by atoms with Gasteiger partial charge in [-0.3, -0.25) is 0 Å². The standard InChI is InChI=1S/C14H20FN5O/c1-10(2)5-7-21-8-6-20-14(17-18-19-20)12-4-3-11(16)9-13(12)15/h3-4,9-10H,5-8,16H2,1-2H3. The van der Waals surface area contributed by atoms with E-state index in [0.717, 1.165) is 6.42 Å². The van der Waals surface area contributed by atoms with Crippen molar-refractivity contribution in [3.05, 3.63) is 24.0 Å². The Labute approximate surface area is 123 Å². The third-order valence-corrected chi connectivity index (χ3v) is 3.05. The Morgan fingerprint density at radius 1 is 1.33 bits per heavy atom. The molecule has 0 saturated heterocycles. The second-order valence-electron chi connectivity index (χ2n) is 5.26. The van der Waals surface area contributed by atoms with Crippen molar-refractivity contribution in [3.63, 3.8) is 0 Å². The third kappa shape index (κ3) is 4.22. The van der Waals surface area contributed by atoms with E-state index in [9.17, 15) is 4.39 Å². The first-order valence-corrected chi connectivity index (χ1v) is 6.97. The molecule has 2 N–H and O–H groups in total. The summed E-state index contributed by atoms with van der Waals surface area (Å²) in [5, 5.41) is 11.3. The second kappa shape index (κ2) is 7.12. The van der Waals surface area contributed by atoms with E-state index < -0.39 is 5.82 Å². The number of nitrogens with zero attached hydrogens (tertiary/aromatic N) is 4. The van der Waals surface area contributed by atoms with E-state index in [0.29, 0.717) is 42.8 Å². The zero-order valence-electron chi connectivity index (χ0n) is 12.3. The average molecular weight is 293 g/mol. The number of hydrogen-bond acceptors (Lipinski definition) is 5. The number of nitrogen functional groups attached to an aromatic ring is 1. The number of tetrazole rings is 1. The monoisotopic (exact) mass is 293 g/mol. The number of anilines is 1. The summed E-state index contributed by atoms with van der Waals surface area (Å²) in [6, 6.07) is 4.45. The van der Waals surface area contributed by atoms with Gasteiger partial charge in [-0.05, 0) is 41.0 Å². The smallest absolute Gasteiger partial charge is 0.185 e. The van der Waals surface area contributed by atoms with Gasteiger partial charge in [-0.1, -0.05) is 13.8 Å². The number of benzene rings is 1. The van der Waals surface area contributed by atoms with Crippen molar-refractivity contribution in [1.82, 2.24) is 20.2 Å². The minimum Gasteiger partial charge on any atom is -0.399 e. The molecule has 7 heteroatoms. The van der Waals surface area contributed by atoms with Gasteiger partial charge in [0.2, 0.25) is 0 Å². The van der Waals surface area contributed by atoms with Crippen LogP contribution >= 0.6 is 0 Å². The van der Waals surface area contributed by atoms with Gasteiger partial charge in [0, 0.05) is 12.3 Å². The number of rotatable bonds is 7. The Morgan fingerprint density at radius 2 is 2.14 bits per heavy atom. The van der Waals surface area contributed by atoms with Crippen molar-refractivity contribution >= 4 is 5.69 Å². The highest BCUT2D eigenvalue weighted by molar-refractivity contribution is 5.59. The van der Waals surface area contributed by atoms with Crippen LogP contribution in [-0.4, -0.2) is 33.4 Å². The van der Waals surface area contributed by atoms with Gasteiger partial charge >= 0.3 is 0 Å². The first kappa shape index (κ1) is 15.4. The predicted molar refractivity (Wildman–Crippen MR) is 77.9 cm³/mol. The molecule has 6 nitrogen and oxygen atoms in total. The highest BCUT2D eigenvalue weighted by Gasteiger charge is 2.13. The van der Waals surface area contributed by atoms with E-state index in [1.807, 2.05) is 0 Å². The summed E-state index contributed by atoms with van der Waals surface area (Å²) < 4.78 is 21.0. The maximum atomic E-state index is 13.9. The number of ether oxygens (including phenoxy) is 1. The number of aromatic nitrogens is 4. The molecule has 0 bridgehead atoms. The molecule has 1 heterocycles. The van der Waals surface area contributed by atoms with E-state index in [1.165, 1.54) is 10.7 Å². The lowest BCUT2D eigenvalue weighted by Gasteiger charge is -2.08. The first-order valence-electron chi connectivity index (χ1n) is 6.97. The van der Waals surface area contributed by atoms with Crippen LogP contribution in [0.15, 0.2) is 18.2 Å². The minimum absolute atomic E-state index is 0.330. The van der Waals surface area contributed by atoms with Crippen molar-refractivity contribution in [2.45, 2.75) is 26.8 Å². The van der Waals surface area contributed by atoms with Crippen molar-refractivity contribution in [2.75, 3.05) is 18.9 Å². The molecule has 21 heavy (non-hydrogen) atoms. The van der Waals surface area contributed by atoms with Crippen molar-refractivity contribution in [2.24, 2.45) is 5.92 Å². The summed E-state index contributed by atoms with van der Waals surface area (Å²) >= 11 is 0. The number of halogens is 1. The zero-order chi connectivity index (χ0) is 15.2. The van der Waals surface area contributed by atoms with Gasteiger partial charge in [-0.15, -0.1) is 5.10 Å².